The Labute approximate surface area is 172 Å². The summed E-state index contributed by atoms with van der Waals surface area (Å²) in [6.45, 7) is 6.01. The van der Waals surface area contributed by atoms with Gasteiger partial charge in [-0.2, -0.15) is 0 Å². The second-order valence-corrected chi connectivity index (χ2v) is 7.74. The van der Waals surface area contributed by atoms with Gasteiger partial charge in [-0.1, -0.05) is 40.5 Å². The molecule has 0 saturated carbocycles. The van der Waals surface area contributed by atoms with E-state index in [0.717, 1.165) is 27.6 Å². The lowest BCUT2D eigenvalue weighted by molar-refractivity contribution is 0.101. The first-order valence-electron chi connectivity index (χ1n) is 9.13. The molecule has 4 rings (SSSR count). The van der Waals surface area contributed by atoms with Crippen molar-refractivity contribution in [3.63, 3.8) is 0 Å². The van der Waals surface area contributed by atoms with E-state index in [0.29, 0.717) is 11.5 Å². The topological polar surface area (TPSA) is 80.0 Å². The Kier molecular flexibility index (Phi) is 5.14. The second-order valence-electron chi connectivity index (χ2n) is 6.88. The lowest BCUT2D eigenvalue weighted by Crippen LogP contribution is -2.13. The number of hydrogen-bond donors (Lipinski definition) is 2. The highest BCUT2D eigenvalue weighted by atomic mass is 32.1. The molecule has 2 heterocycles. The Hall–Kier alpha value is -3.45. The maximum atomic E-state index is 12.5. The van der Waals surface area contributed by atoms with Gasteiger partial charge in [0, 0.05) is 22.8 Å². The first-order valence-corrected chi connectivity index (χ1v) is 10.0. The number of thiazole rings is 1. The molecular weight excluding hydrogens is 384 g/mol. The monoisotopic (exact) mass is 404 g/mol. The highest BCUT2D eigenvalue weighted by molar-refractivity contribution is 7.14. The molecule has 0 aliphatic rings. The minimum atomic E-state index is -0.319. The normalized spacial score (nSPS) is 10.7. The molecule has 0 radical (unpaired) electrons. The fourth-order valence-corrected chi connectivity index (χ4v) is 3.57. The van der Waals surface area contributed by atoms with Crippen LogP contribution < -0.4 is 10.6 Å². The molecule has 29 heavy (non-hydrogen) atoms. The summed E-state index contributed by atoms with van der Waals surface area (Å²) in [5.74, 6) is 0.129. The number of hydrogen-bond acceptors (Lipinski definition) is 6. The average Bonchev–Trinajstić information content (AvgIpc) is 3.35. The van der Waals surface area contributed by atoms with Crippen LogP contribution in [0.5, 0.6) is 0 Å². The van der Waals surface area contributed by atoms with Crippen LogP contribution in [-0.2, 0) is 0 Å². The Morgan fingerprint density at radius 1 is 1.00 bits per heavy atom. The van der Waals surface area contributed by atoms with E-state index in [9.17, 15) is 4.79 Å². The van der Waals surface area contributed by atoms with Gasteiger partial charge < -0.3 is 15.2 Å². The van der Waals surface area contributed by atoms with E-state index in [1.807, 2.05) is 68.6 Å². The Balaban J connectivity index is 1.46. The lowest BCUT2D eigenvalue weighted by atomic mass is 10.1. The van der Waals surface area contributed by atoms with Crippen molar-refractivity contribution in [2.75, 3.05) is 10.6 Å². The molecule has 0 fully saturated rings. The predicted octanol–water partition coefficient (Wildman–Crippen LogP) is 5.72. The molecular formula is C22H20N4O2S. The summed E-state index contributed by atoms with van der Waals surface area (Å²) < 4.78 is 5.34. The largest absolute Gasteiger partial charge is 0.354 e. The second kappa shape index (κ2) is 7.89. The molecule has 7 heteroatoms. The molecule has 1 amide bonds. The maximum absolute atomic E-state index is 12.5. The molecule has 0 saturated heterocycles. The van der Waals surface area contributed by atoms with Crippen LogP contribution in [0.3, 0.4) is 0 Å². The van der Waals surface area contributed by atoms with Crippen molar-refractivity contribution in [2.45, 2.75) is 20.8 Å². The highest BCUT2D eigenvalue weighted by Gasteiger charge is 2.16. The summed E-state index contributed by atoms with van der Waals surface area (Å²) in [5, 5.41) is 12.6. The van der Waals surface area contributed by atoms with E-state index < -0.39 is 0 Å². The number of carbonyl (C=O) groups excluding carboxylic acids is 1. The number of amides is 1. The first-order chi connectivity index (χ1) is 14.0. The molecule has 6 nitrogen and oxygen atoms in total. The van der Waals surface area contributed by atoms with Crippen LogP contribution in [0.4, 0.5) is 16.5 Å². The molecule has 0 aliphatic carbocycles. The quantitative estimate of drug-likeness (QED) is 0.445. The van der Waals surface area contributed by atoms with Crippen LogP contribution in [0.15, 0.2) is 58.4 Å². The van der Waals surface area contributed by atoms with Gasteiger partial charge in [0.2, 0.25) is 0 Å². The lowest BCUT2D eigenvalue weighted by Gasteiger charge is -2.07. The van der Waals surface area contributed by atoms with Gasteiger partial charge in [-0.25, -0.2) is 4.98 Å². The summed E-state index contributed by atoms with van der Waals surface area (Å²) in [6.07, 6.45) is 0. The highest BCUT2D eigenvalue weighted by Crippen LogP contribution is 2.28. The molecule has 2 aromatic heterocycles. The summed E-state index contributed by atoms with van der Waals surface area (Å²) >= 11 is 1.46. The zero-order valence-electron chi connectivity index (χ0n) is 16.3. The predicted molar refractivity (Wildman–Crippen MR) is 116 cm³/mol. The van der Waals surface area contributed by atoms with Gasteiger partial charge in [-0.3, -0.25) is 4.79 Å². The van der Waals surface area contributed by atoms with Crippen molar-refractivity contribution in [1.29, 1.82) is 0 Å². The third kappa shape index (κ3) is 4.35. The van der Waals surface area contributed by atoms with Crippen LogP contribution in [0.25, 0.3) is 11.5 Å². The average molecular weight is 404 g/mol. The van der Waals surface area contributed by atoms with E-state index in [1.54, 1.807) is 6.07 Å². The van der Waals surface area contributed by atoms with Crippen LogP contribution in [0.1, 0.15) is 27.2 Å². The Morgan fingerprint density at radius 2 is 1.76 bits per heavy atom. The first kappa shape index (κ1) is 18.9. The molecule has 0 atom stereocenters. The molecule has 4 aromatic rings. The number of benzene rings is 2. The zero-order chi connectivity index (χ0) is 20.4. The number of nitrogens with one attached hydrogen (secondary N) is 2. The number of rotatable bonds is 5. The molecule has 0 spiro atoms. The van der Waals surface area contributed by atoms with Crippen molar-refractivity contribution in [3.05, 3.63) is 76.3 Å². The fraction of sp³-hybridized carbons (Fsp3) is 0.136. The van der Waals surface area contributed by atoms with Gasteiger partial charge >= 0.3 is 0 Å². The van der Waals surface area contributed by atoms with Gasteiger partial charge in [0.15, 0.2) is 16.6 Å². The van der Waals surface area contributed by atoms with Crippen molar-refractivity contribution in [3.8, 4) is 11.5 Å². The number of aryl methyl sites for hydroxylation is 3. The number of nitrogens with zero attached hydrogens (tertiary/aromatic N) is 2. The van der Waals surface area contributed by atoms with Crippen molar-refractivity contribution >= 4 is 33.8 Å². The van der Waals surface area contributed by atoms with Crippen LogP contribution in [-0.4, -0.2) is 16.0 Å². The standard InChI is InChI=1S/C22H20N4O2S/c1-13-4-7-16(8-5-13)23-22-25-19(12-29-22)20-11-18(26-28-20)21(27)24-17-9-6-14(2)10-15(17)3/h4-12H,1-3H3,(H,23,25)(H,24,27). The maximum Gasteiger partial charge on any atom is 0.277 e. The molecule has 2 N–H and O–H groups in total. The van der Waals surface area contributed by atoms with Gasteiger partial charge in [0.1, 0.15) is 5.69 Å². The molecule has 0 bridgehead atoms. The Morgan fingerprint density at radius 3 is 2.52 bits per heavy atom. The third-order valence-electron chi connectivity index (χ3n) is 4.43. The van der Waals surface area contributed by atoms with Crippen LogP contribution in [0.2, 0.25) is 0 Å². The van der Waals surface area contributed by atoms with Gasteiger partial charge in [0.05, 0.1) is 0 Å². The minimum absolute atomic E-state index is 0.209. The van der Waals surface area contributed by atoms with Crippen molar-refractivity contribution in [1.82, 2.24) is 10.1 Å². The van der Waals surface area contributed by atoms with Crippen molar-refractivity contribution in [2.24, 2.45) is 0 Å². The number of aromatic nitrogens is 2. The molecule has 0 unspecified atom stereocenters. The molecule has 146 valence electrons. The van der Waals surface area contributed by atoms with E-state index in [2.05, 4.69) is 20.8 Å². The number of anilines is 3. The van der Waals surface area contributed by atoms with Gasteiger partial charge in [-0.15, -0.1) is 11.3 Å². The SMILES string of the molecule is Cc1ccc(Nc2nc(-c3cc(C(=O)Nc4ccc(C)cc4C)no3)cs2)cc1. The molecule has 2 aromatic carbocycles. The van der Waals surface area contributed by atoms with Gasteiger partial charge in [-0.05, 0) is 44.5 Å². The molecule has 0 aliphatic heterocycles. The van der Waals surface area contributed by atoms with Crippen LogP contribution in [0, 0.1) is 20.8 Å². The van der Waals surface area contributed by atoms with E-state index >= 15 is 0 Å². The zero-order valence-corrected chi connectivity index (χ0v) is 17.1. The fourth-order valence-electron chi connectivity index (χ4n) is 2.85. The summed E-state index contributed by atoms with van der Waals surface area (Å²) in [4.78, 5) is 17.0. The van der Waals surface area contributed by atoms with Crippen LogP contribution >= 0.6 is 11.3 Å². The van der Waals surface area contributed by atoms with Crippen molar-refractivity contribution < 1.29 is 9.32 Å². The van der Waals surface area contributed by atoms with E-state index in [1.165, 1.54) is 16.9 Å². The van der Waals surface area contributed by atoms with E-state index in [4.69, 9.17) is 4.52 Å². The van der Waals surface area contributed by atoms with E-state index in [-0.39, 0.29) is 11.6 Å². The van der Waals surface area contributed by atoms with Gasteiger partial charge in [0.25, 0.3) is 5.91 Å². The third-order valence-corrected chi connectivity index (χ3v) is 5.19. The Bertz CT molecular complexity index is 1160. The minimum Gasteiger partial charge on any atom is -0.354 e. The summed E-state index contributed by atoms with van der Waals surface area (Å²) in [7, 11) is 0. The summed E-state index contributed by atoms with van der Waals surface area (Å²) in [6, 6.07) is 15.5. The summed E-state index contributed by atoms with van der Waals surface area (Å²) in [5.41, 5.74) is 5.88. The smallest absolute Gasteiger partial charge is 0.277 e. The number of carbonyl (C=O) groups is 1.